The molecule has 6 nitrogen and oxygen atoms in total. The van der Waals surface area contributed by atoms with E-state index in [1.807, 2.05) is 23.2 Å². The van der Waals surface area contributed by atoms with Gasteiger partial charge < -0.3 is 5.11 Å². The van der Waals surface area contributed by atoms with E-state index in [4.69, 9.17) is 0 Å². The van der Waals surface area contributed by atoms with Crippen molar-refractivity contribution >= 4 is 11.8 Å². The number of ketones is 1. The van der Waals surface area contributed by atoms with Gasteiger partial charge in [0.25, 0.3) is 0 Å². The standard InChI is InChI=1S/C20H23N3O3/c1-15(24)17-5-2-6-18(12-17)19(20(25)26)23-10-8-22(9-11-23)14-16-4-3-7-21-13-16/h2-7,12-13,19H,8-11,14H2,1H3,(H,25,26). The summed E-state index contributed by atoms with van der Waals surface area (Å²) in [5, 5.41) is 9.76. The fraction of sp³-hybridized carbons (Fsp3) is 0.350. The largest absolute Gasteiger partial charge is 0.480 e. The second-order valence-electron chi connectivity index (χ2n) is 6.60. The highest BCUT2D eigenvalue weighted by atomic mass is 16.4. The molecule has 1 fully saturated rings. The average Bonchev–Trinajstić information content (AvgIpc) is 2.64. The Hall–Kier alpha value is -2.57. The van der Waals surface area contributed by atoms with Crippen LogP contribution in [0.5, 0.6) is 0 Å². The van der Waals surface area contributed by atoms with E-state index in [1.165, 1.54) is 6.92 Å². The molecule has 0 amide bonds. The Morgan fingerprint density at radius 2 is 1.92 bits per heavy atom. The van der Waals surface area contributed by atoms with Crippen molar-refractivity contribution in [2.75, 3.05) is 26.2 Å². The van der Waals surface area contributed by atoms with E-state index in [-0.39, 0.29) is 5.78 Å². The van der Waals surface area contributed by atoms with Crippen LogP contribution in [0, 0.1) is 0 Å². The van der Waals surface area contributed by atoms with Crippen LogP contribution < -0.4 is 0 Å². The SMILES string of the molecule is CC(=O)c1cccc(C(C(=O)O)N2CCN(Cc3cccnc3)CC2)c1. The van der Waals surface area contributed by atoms with Gasteiger partial charge in [-0.05, 0) is 30.2 Å². The van der Waals surface area contributed by atoms with Gasteiger partial charge in [-0.25, -0.2) is 0 Å². The summed E-state index contributed by atoms with van der Waals surface area (Å²) in [4.78, 5) is 31.9. The second kappa shape index (κ2) is 8.21. The number of pyridine rings is 1. The van der Waals surface area contributed by atoms with Crippen molar-refractivity contribution in [3.05, 3.63) is 65.5 Å². The maximum Gasteiger partial charge on any atom is 0.325 e. The van der Waals surface area contributed by atoms with Crippen LogP contribution in [0.15, 0.2) is 48.8 Å². The third kappa shape index (κ3) is 4.33. The Morgan fingerprint density at radius 1 is 1.15 bits per heavy atom. The van der Waals surface area contributed by atoms with Crippen LogP contribution in [-0.4, -0.2) is 57.8 Å². The average molecular weight is 353 g/mol. The van der Waals surface area contributed by atoms with E-state index >= 15 is 0 Å². The van der Waals surface area contributed by atoms with Crippen LogP contribution in [0.25, 0.3) is 0 Å². The first-order valence-electron chi connectivity index (χ1n) is 8.73. The number of benzene rings is 1. The zero-order valence-corrected chi connectivity index (χ0v) is 14.8. The molecule has 2 heterocycles. The van der Waals surface area contributed by atoms with E-state index in [1.54, 1.807) is 30.5 Å². The van der Waals surface area contributed by atoms with Gasteiger partial charge in [0.2, 0.25) is 0 Å². The lowest BCUT2D eigenvalue weighted by Gasteiger charge is -2.37. The molecule has 26 heavy (non-hydrogen) atoms. The number of carboxylic acid groups (broad SMARTS) is 1. The maximum absolute atomic E-state index is 11.9. The first kappa shape index (κ1) is 18.2. The molecule has 1 atom stereocenters. The molecule has 1 aromatic heterocycles. The van der Waals surface area contributed by atoms with Gasteiger partial charge in [0, 0.05) is 50.7 Å². The molecule has 1 aliphatic heterocycles. The van der Waals surface area contributed by atoms with Crippen LogP contribution in [0.2, 0.25) is 0 Å². The molecule has 1 aliphatic rings. The minimum absolute atomic E-state index is 0.0581. The number of piperazine rings is 1. The molecule has 6 heteroatoms. The predicted octanol–water partition coefficient (Wildman–Crippen LogP) is 2.23. The van der Waals surface area contributed by atoms with E-state index in [9.17, 15) is 14.7 Å². The number of carboxylic acids is 1. The molecule has 1 N–H and O–H groups in total. The molecule has 2 aromatic rings. The Morgan fingerprint density at radius 3 is 2.54 bits per heavy atom. The van der Waals surface area contributed by atoms with Crippen LogP contribution in [0.3, 0.4) is 0 Å². The third-order valence-electron chi connectivity index (χ3n) is 4.74. The van der Waals surface area contributed by atoms with Crippen molar-refractivity contribution in [2.24, 2.45) is 0 Å². The summed E-state index contributed by atoms with van der Waals surface area (Å²) in [7, 11) is 0. The number of hydrogen-bond donors (Lipinski definition) is 1. The van der Waals surface area contributed by atoms with Gasteiger partial charge in [-0.15, -0.1) is 0 Å². The molecule has 3 rings (SSSR count). The lowest BCUT2D eigenvalue weighted by Crippen LogP contribution is -2.48. The maximum atomic E-state index is 11.9. The molecule has 136 valence electrons. The molecular weight excluding hydrogens is 330 g/mol. The number of carbonyl (C=O) groups excluding carboxylic acids is 1. The van der Waals surface area contributed by atoms with E-state index in [0.717, 1.165) is 25.2 Å². The molecule has 1 saturated heterocycles. The van der Waals surface area contributed by atoms with Crippen LogP contribution in [0.4, 0.5) is 0 Å². The van der Waals surface area contributed by atoms with Gasteiger partial charge >= 0.3 is 5.97 Å². The van der Waals surface area contributed by atoms with Crippen molar-refractivity contribution in [1.29, 1.82) is 0 Å². The molecule has 0 radical (unpaired) electrons. The van der Waals surface area contributed by atoms with Crippen LogP contribution in [-0.2, 0) is 11.3 Å². The molecular formula is C20H23N3O3. The molecule has 0 bridgehead atoms. The van der Waals surface area contributed by atoms with Gasteiger partial charge in [0.15, 0.2) is 5.78 Å². The molecule has 0 spiro atoms. The zero-order chi connectivity index (χ0) is 18.5. The van der Waals surface area contributed by atoms with Gasteiger partial charge in [-0.1, -0.05) is 24.3 Å². The molecule has 0 aliphatic carbocycles. The first-order valence-corrected chi connectivity index (χ1v) is 8.73. The van der Waals surface area contributed by atoms with Crippen molar-refractivity contribution in [3.63, 3.8) is 0 Å². The normalized spacial score (nSPS) is 17.0. The third-order valence-corrected chi connectivity index (χ3v) is 4.74. The van der Waals surface area contributed by atoms with E-state index < -0.39 is 12.0 Å². The van der Waals surface area contributed by atoms with Crippen LogP contribution >= 0.6 is 0 Å². The number of Topliss-reactive ketones (excluding diaryl/α,β-unsaturated/α-hetero) is 1. The highest BCUT2D eigenvalue weighted by Crippen LogP contribution is 2.24. The quantitative estimate of drug-likeness (QED) is 0.803. The Kier molecular flexibility index (Phi) is 5.75. The van der Waals surface area contributed by atoms with Gasteiger partial charge in [0.1, 0.15) is 6.04 Å². The Labute approximate surface area is 153 Å². The summed E-state index contributed by atoms with van der Waals surface area (Å²) < 4.78 is 0. The lowest BCUT2D eigenvalue weighted by molar-refractivity contribution is -0.144. The summed E-state index contributed by atoms with van der Waals surface area (Å²) in [5.74, 6) is -0.941. The number of hydrogen-bond acceptors (Lipinski definition) is 5. The number of rotatable bonds is 6. The molecule has 1 aromatic carbocycles. The number of nitrogens with zero attached hydrogens (tertiary/aromatic N) is 3. The summed E-state index contributed by atoms with van der Waals surface area (Å²) in [6, 6.07) is 10.2. The van der Waals surface area contributed by atoms with Gasteiger partial charge in [0.05, 0.1) is 0 Å². The summed E-state index contributed by atoms with van der Waals surface area (Å²) in [5.41, 5.74) is 2.36. The zero-order valence-electron chi connectivity index (χ0n) is 14.8. The number of aliphatic carboxylic acids is 1. The van der Waals surface area contributed by atoms with Crippen molar-refractivity contribution in [1.82, 2.24) is 14.8 Å². The Bertz CT molecular complexity index is 771. The minimum Gasteiger partial charge on any atom is -0.480 e. The second-order valence-corrected chi connectivity index (χ2v) is 6.60. The lowest BCUT2D eigenvalue weighted by atomic mass is 10.0. The van der Waals surface area contributed by atoms with Crippen molar-refractivity contribution < 1.29 is 14.7 Å². The number of carbonyl (C=O) groups is 2. The fourth-order valence-corrected chi connectivity index (χ4v) is 3.37. The fourth-order valence-electron chi connectivity index (χ4n) is 3.37. The first-order chi connectivity index (χ1) is 12.5. The monoisotopic (exact) mass is 353 g/mol. The minimum atomic E-state index is -0.883. The van der Waals surface area contributed by atoms with Crippen LogP contribution in [0.1, 0.15) is 34.5 Å². The predicted molar refractivity (Wildman–Crippen MR) is 97.9 cm³/mol. The van der Waals surface area contributed by atoms with Crippen molar-refractivity contribution in [2.45, 2.75) is 19.5 Å². The van der Waals surface area contributed by atoms with E-state index in [0.29, 0.717) is 24.2 Å². The highest BCUT2D eigenvalue weighted by Gasteiger charge is 2.30. The molecule has 0 saturated carbocycles. The highest BCUT2D eigenvalue weighted by molar-refractivity contribution is 5.94. The number of aromatic nitrogens is 1. The summed E-state index contributed by atoms with van der Waals surface area (Å²) >= 11 is 0. The van der Waals surface area contributed by atoms with E-state index in [2.05, 4.69) is 9.88 Å². The van der Waals surface area contributed by atoms with Gasteiger partial charge in [-0.3, -0.25) is 24.4 Å². The summed E-state index contributed by atoms with van der Waals surface area (Å²) in [6.45, 7) is 5.24. The molecule has 1 unspecified atom stereocenters. The van der Waals surface area contributed by atoms with Gasteiger partial charge in [-0.2, -0.15) is 0 Å². The van der Waals surface area contributed by atoms with Crippen molar-refractivity contribution in [3.8, 4) is 0 Å². The smallest absolute Gasteiger partial charge is 0.325 e. The Balaban J connectivity index is 1.68. The topological polar surface area (TPSA) is 73.7 Å². The summed E-state index contributed by atoms with van der Waals surface area (Å²) in [6.07, 6.45) is 3.62.